The smallest absolute Gasteiger partial charge is 0.317 e. The van der Waals surface area contributed by atoms with E-state index in [4.69, 9.17) is 22.6 Å². The van der Waals surface area contributed by atoms with Gasteiger partial charge in [0.15, 0.2) is 5.96 Å². The summed E-state index contributed by atoms with van der Waals surface area (Å²) in [6, 6.07) is -1.82. The second-order valence-electron chi connectivity index (χ2n) is 5.89. The van der Waals surface area contributed by atoms with Crippen molar-refractivity contribution in [2.45, 2.75) is 44.2 Å². The zero-order valence-electron chi connectivity index (χ0n) is 14.2. The predicted octanol–water partition coefficient (Wildman–Crippen LogP) is -1.82. The summed E-state index contributed by atoms with van der Waals surface area (Å²) in [7, 11) is 1.56. The highest BCUT2D eigenvalue weighted by atomic mass is 16.2. The van der Waals surface area contributed by atoms with E-state index in [1.807, 2.05) is 0 Å². The molecule has 2 atom stereocenters. The van der Waals surface area contributed by atoms with Gasteiger partial charge in [-0.2, -0.15) is 0 Å². The van der Waals surface area contributed by atoms with E-state index in [0.717, 1.165) is 0 Å². The third-order valence-electron chi connectivity index (χ3n) is 3.88. The molecule has 4 amide bonds. The van der Waals surface area contributed by atoms with Crippen molar-refractivity contribution in [1.82, 2.24) is 15.5 Å². The molecule has 25 heavy (non-hydrogen) atoms. The topological polar surface area (TPSA) is 193 Å². The van der Waals surface area contributed by atoms with Crippen LogP contribution in [-0.2, 0) is 9.59 Å². The highest BCUT2D eigenvalue weighted by molar-refractivity contribution is 5.96. The third-order valence-corrected chi connectivity index (χ3v) is 3.88. The molecule has 0 aliphatic carbocycles. The predicted molar refractivity (Wildman–Crippen MR) is 92.7 cm³/mol. The fraction of sp³-hybridized carbons (Fsp3) is 0.643. The third kappa shape index (κ3) is 7.06. The van der Waals surface area contributed by atoms with Crippen LogP contribution in [0.1, 0.15) is 32.1 Å². The Morgan fingerprint density at radius 2 is 2.04 bits per heavy atom. The Bertz CT molecular complexity index is 558. The lowest BCUT2D eigenvalue weighted by Crippen LogP contribution is -2.45. The average Bonchev–Trinajstić information content (AvgIpc) is 2.59. The van der Waals surface area contributed by atoms with Crippen LogP contribution < -0.4 is 27.8 Å². The lowest BCUT2D eigenvalue weighted by molar-refractivity contribution is -0.136. The molecule has 11 heteroatoms. The minimum atomic E-state index is -0.833. The molecule has 1 heterocycles. The molecule has 9 N–H and O–H groups in total. The summed E-state index contributed by atoms with van der Waals surface area (Å²) in [5.41, 5.74) is 15.4. The van der Waals surface area contributed by atoms with E-state index in [-0.39, 0.29) is 48.9 Å². The molecule has 11 nitrogen and oxygen atoms in total. The van der Waals surface area contributed by atoms with Crippen molar-refractivity contribution in [3.63, 3.8) is 0 Å². The van der Waals surface area contributed by atoms with E-state index >= 15 is 0 Å². The molecule has 1 aliphatic heterocycles. The number of hydrogen-bond acceptors (Lipinski definition) is 5. The number of guanidine groups is 1. The van der Waals surface area contributed by atoms with E-state index in [0.29, 0.717) is 19.4 Å². The summed E-state index contributed by atoms with van der Waals surface area (Å²) in [4.78, 5) is 40.6. The van der Waals surface area contributed by atoms with Gasteiger partial charge < -0.3 is 27.4 Å². The number of hydrogen-bond donors (Lipinski definition) is 6. The van der Waals surface area contributed by atoms with Crippen LogP contribution in [0.15, 0.2) is 4.99 Å². The van der Waals surface area contributed by atoms with Gasteiger partial charge in [-0.25, -0.2) is 4.79 Å². The molecule has 0 radical (unpaired) electrons. The largest absolute Gasteiger partial charge is 0.370 e. The van der Waals surface area contributed by atoms with Gasteiger partial charge in [-0.15, -0.1) is 0 Å². The summed E-state index contributed by atoms with van der Waals surface area (Å²) in [6.07, 6.45) is 1.74. The summed E-state index contributed by atoms with van der Waals surface area (Å²) < 4.78 is 0. The Labute approximate surface area is 145 Å². The lowest BCUT2D eigenvalue weighted by Gasteiger charge is -2.24. The van der Waals surface area contributed by atoms with Crippen molar-refractivity contribution in [1.29, 1.82) is 5.41 Å². The molecule has 140 valence electrons. The van der Waals surface area contributed by atoms with Crippen molar-refractivity contribution < 1.29 is 14.4 Å². The minimum Gasteiger partial charge on any atom is -0.370 e. The van der Waals surface area contributed by atoms with Gasteiger partial charge in [0.05, 0.1) is 0 Å². The van der Waals surface area contributed by atoms with Gasteiger partial charge >= 0.3 is 6.03 Å². The number of primary amides is 1. The Morgan fingerprint density at radius 1 is 1.36 bits per heavy atom. The van der Waals surface area contributed by atoms with E-state index in [1.54, 1.807) is 7.05 Å². The summed E-state index contributed by atoms with van der Waals surface area (Å²) in [6.45, 7) is 0.429. The van der Waals surface area contributed by atoms with E-state index < -0.39 is 12.1 Å². The molecule has 0 aromatic rings. The molecular formula is C14H26N8O3. The van der Waals surface area contributed by atoms with Crippen molar-refractivity contribution >= 4 is 29.6 Å². The number of carbonyl (C=O) groups excluding carboxylic acids is 3. The average molecular weight is 354 g/mol. The van der Waals surface area contributed by atoms with Crippen LogP contribution in [-0.4, -0.2) is 60.2 Å². The Balaban J connectivity index is 2.60. The molecule has 0 unspecified atom stereocenters. The molecule has 0 bridgehead atoms. The first-order valence-corrected chi connectivity index (χ1v) is 7.96. The van der Waals surface area contributed by atoms with Gasteiger partial charge in [-0.3, -0.25) is 25.3 Å². The SMILES string of the molecule is CN1C(=O)C[C@H](CCCN=C(N)N)NC(=O)[C@H]1CCC(=N)NC(N)=O. The molecule has 0 saturated carbocycles. The zero-order chi connectivity index (χ0) is 19.0. The maximum Gasteiger partial charge on any atom is 0.317 e. The quantitative estimate of drug-likeness (QED) is 0.178. The Morgan fingerprint density at radius 3 is 2.64 bits per heavy atom. The van der Waals surface area contributed by atoms with Crippen LogP contribution in [0.3, 0.4) is 0 Å². The highest BCUT2D eigenvalue weighted by Crippen LogP contribution is 2.15. The molecular weight excluding hydrogens is 328 g/mol. The molecule has 0 aromatic carbocycles. The molecule has 1 fully saturated rings. The molecule has 1 rings (SSSR count). The van der Waals surface area contributed by atoms with Gasteiger partial charge in [0.2, 0.25) is 11.8 Å². The van der Waals surface area contributed by atoms with Crippen molar-refractivity contribution in [3.8, 4) is 0 Å². The summed E-state index contributed by atoms with van der Waals surface area (Å²) in [5, 5.41) is 12.6. The first-order valence-electron chi connectivity index (χ1n) is 7.96. The standard InChI is InChI=1S/C14H26N8O3/c1-22-9(4-5-10(15)21-14(18)25)12(24)20-8(7-11(22)23)3-2-6-19-13(16)17/h8-9H,2-7H2,1H3,(H,20,24)(H4,16,17,19)(H4,15,18,21,25)/t8-,9+/m0/s1. The number of nitrogens with two attached hydrogens (primary N) is 3. The molecule has 0 aromatic heterocycles. The van der Waals surface area contributed by atoms with Crippen LogP contribution >= 0.6 is 0 Å². The normalized spacial score (nSPS) is 20.4. The first-order chi connectivity index (χ1) is 11.7. The fourth-order valence-corrected chi connectivity index (χ4v) is 2.59. The highest BCUT2D eigenvalue weighted by Gasteiger charge is 2.33. The van der Waals surface area contributed by atoms with Gasteiger partial charge in [-0.1, -0.05) is 0 Å². The fourth-order valence-electron chi connectivity index (χ4n) is 2.59. The number of aliphatic imine (C=N–C) groups is 1. The van der Waals surface area contributed by atoms with Crippen molar-refractivity contribution in [3.05, 3.63) is 0 Å². The summed E-state index contributed by atoms with van der Waals surface area (Å²) in [5.74, 6) is -0.538. The summed E-state index contributed by atoms with van der Waals surface area (Å²) >= 11 is 0. The second-order valence-corrected chi connectivity index (χ2v) is 5.89. The van der Waals surface area contributed by atoms with E-state index in [1.165, 1.54) is 4.90 Å². The van der Waals surface area contributed by atoms with Crippen molar-refractivity contribution in [2.24, 2.45) is 22.2 Å². The van der Waals surface area contributed by atoms with Crippen molar-refractivity contribution in [2.75, 3.05) is 13.6 Å². The number of rotatable bonds is 7. The van der Waals surface area contributed by atoms with Crippen LogP contribution in [0.5, 0.6) is 0 Å². The number of likely N-dealkylation sites (N-methyl/N-ethyl adjacent to an activating group) is 1. The monoisotopic (exact) mass is 354 g/mol. The van der Waals surface area contributed by atoms with Gasteiger partial charge in [0.25, 0.3) is 0 Å². The number of urea groups is 1. The van der Waals surface area contributed by atoms with Crippen LogP contribution in [0.4, 0.5) is 4.79 Å². The van der Waals surface area contributed by atoms with Crippen LogP contribution in [0, 0.1) is 5.41 Å². The maximum atomic E-state index is 12.4. The molecule has 0 spiro atoms. The van der Waals surface area contributed by atoms with E-state index in [2.05, 4.69) is 15.6 Å². The lowest BCUT2D eigenvalue weighted by atomic mass is 10.1. The number of nitrogens with zero attached hydrogens (tertiary/aromatic N) is 2. The van der Waals surface area contributed by atoms with Gasteiger partial charge in [0.1, 0.15) is 11.9 Å². The maximum absolute atomic E-state index is 12.4. The first kappa shape index (κ1) is 20.2. The number of carbonyl (C=O) groups is 3. The molecule has 1 saturated heterocycles. The number of amides is 4. The van der Waals surface area contributed by atoms with Crippen LogP contribution in [0.25, 0.3) is 0 Å². The second kappa shape index (κ2) is 9.45. The van der Waals surface area contributed by atoms with E-state index in [9.17, 15) is 14.4 Å². The Kier molecular flexibility index (Phi) is 7.63. The number of amidine groups is 1. The minimum absolute atomic E-state index is 0.00722. The molecule has 1 aliphatic rings. The van der Waals surface area contributed by atoms with Crippen LogP contribution in [0.2, 0.25) is 0 Å². The van der Waals surface area contributed by atoms with Gasteiger partial charge in [-0.05, 0) is 19.3 Å². The number of nitrogens with one attached hydrogen (secondary N) is 3. The Hall–Kier alpha value is -2.85. The van der Waals surface area contributed by atoms with Gasteiger partial charge in [0, 0.05) is 32.5 Å². The zero-order valence-corrected chi connectivity index (χ0v) is 14.2.